The summed E-state index contributed by atoms with van der Waals surface area (Å²) in [6.45, 7) is 1.52. The lowest BCUT2D eigenvalue weighted by atomic mass is 10.1. The molecule has 0 aromatic heterocycles. The molecule has 0 unspecified atom stereocenters. The van der Waals surface area contributed by atoms with E-state index in [1.54, 1.807) is 7.11 Å². The normalized spacial score (nSPS) is 14.6. The van der Waals surface area contributed by atoms with E-state index in [0.717, 1.165) is 22.3 Å². The van der Waals surface area contributed by atoms with Gasteiger partial charge in [-0.15, -0.1) is 0 Å². The second-order valence-corrected chi connectivity index (χ2v) is 5.41. The van der Waals surface area contributed by atoms with E-state index in [2.05, 4.69) is 20.8 Å². The van der Waals surface area contributed by atoms with Crippen molar-refractivity contribution < 1.29 is 4.74 Å². The average Bonchev–Trinajstić information content (AvgIpc) is 3.15. The number of nitrogens with one attached hydrogen (secondary N) is 1. The van der Waals surface area contributed by atoms with Crippen molar-refractivity contribution in [2.75, 3.05) is 25.2 Å². The number of amidine groups is 1. The standard InChI is InChI=1S/C13H18BrN3O/c1-18-7-6-17(10-3-4-10)12-5-2-9(14)8-11(12)13(15)16/h2,5,8,10H,3-4,6-7H2,1H3,(H3,15,16). The Bertz CT molecular complexity index is 446. The molecule has 3 N–H and O–H groups in total. The number of anilines is 1. The molecule has 1 saturated carbocycles. The number of hydrogen-bond acceptors (Lipinski definition) is 3. The summed E-state index contributed by atoms with van der Waals surface area (Å²) >= 11 is 3.42. The summed E-state index contributed by atoms with van der Waals surface area (Å²) in [4.78, 5) is 2.30. The Morgan fingerprint density at radius 2 is 2.28 bits per heavy atom. The number of rotatable bonds is 6. The van der Waals surface area contributed by atoms with Crippen molar-refractivity contribution in [2.24, 2.45) is 5.73 Å². The molecule has 2 rings (SSSR count). The number of hydrogen-bond donors (Lipinski definition) is 2. The predicted octanol–water partition coefficient (Wildman–Crippen LogP) is 2.35. The van der Waals surface area contributed by atoms with Crippen molar-refractivity contribution in [3.05, 3.63) is 28.2 Å². The van der Waals surface area contributed by atoms with Crippen molar-refractivity contribution in [1.82, 2.24) is 0 Å². The van der Waals surface area contributed by atoms with Crippen molar-refractivity contribution in [1.29, 1.82) is 5.41 Å². The van der Waals surface area contributed by atoms with Gasteiger partial charge in [-0.25, -0.2) is 0 Å². The molecule has 1 aliphatic carbocycles. The van der Waals surface area contributed by atoms with Crippen LogP contribution in [0.25, 0.3) is 0 Å². The van der Waals surface area contributed by atoms with Gasteiger partial charge in [0.1, 0.15) is 5.84 Å². The molecule has 0 bridgehead atoms. The molecule has 0 saturated heterocycles. The summed E-state index contributed by atoms with van der Waals surface area (Å²) < 4.78 is 6.10. The third-order valence-electron chi connectivity index (χ3n) is 3.08. The zero-order valence-electron chi connectivity index (χ0n) is 10.4. The second-order valence-electron chi connectivity index (χ2n) is 4.49. The topological polar surface area (TPSA) is 62.3 Å². The lowest BCUT2D eigenvalue weighted by Crippen LogP contribution is -2.31. The third-order valence-corrected chi connectivity index (χ3v) is 3.58. The minimum absolute atomic E-state index is 0.106. The minimum Gasteiger partial charge on any atom is -0.384 e. The molecule has 0 heterocycles. The highest BCUT2D eigenvalue weighted by Crippen LogP contribution is 2.34. The Kier molecular flexibility index (Phi) is 4.24. The SMILES string of the molecule is COCCN(c1ccc(Br)cc1C(=N)N)C1CC1. The largest absolute Gasteiger partial charge is 0.384 e. The predicted molar refractivity (Wildman–Crippen MR) is 77.4 cm³/mol. The van der Waals surface area contributed by atoms with Gasteiger partial charge in [-0.2, -0.15) is 0 Å². The molecule has 5 heteroatoms. The van der Waals surface area contributed by atoms with Gasteiger partial charge in [0.15, 0.2) is 0 Å². The number of methoxy groups -OCH3 is 1. The fourth-order valence-corrected chi connectivity index (χ4v) is 2.41. The summed E-state index contributed by atoms with van der Waals surface area (Å²) in [7, 11) is 1.71. The van der Waals surface area contributed by atoms with E-state index in [0.29, 0.717) is 12.6 Å². The number of nitrogens with zero attached hydrogens (tertiary/aromatic N) is 1. The Balaban J connectivity index is 2.30. The van der Waals surface area contributed by atoms with Gasteiger partial charge in [0.05, 0.1) is 6.61 Å². The second kappa shape index (κ2) is 5.71. The molecular weight excluding hydrogens is 294 g/mol. The van der Waals surface area contributed by atoms with Crippen LogP contribution in [0.2, 0.25) is 0 Å². The van der Waals surface area contributed by atoms with Crippen LogP contribution in [0.1, 0.15) is 18.4 Å². The third kappa shape index (κ3) is 3.03. The number of halogens is 1. The van der Waals surface area contributed by atoms with Gasteiger partial charge in [0, 0.05) is 35.4 Å². The van der Waals surface area contributed by atoms with Gasteiger partial charge in [0.25, 0.3) is 0 Å². The number of ether oxygens (including phenoxy) is 1. The van der Waals surface area contributed by atoms with E-state index in [4.69, 9.17) is 15.9 Å². The molecule has 1 aromatic carbocycles. The van der Waals surface area contributed by atoms with Crippen LogP contribution in [0.4, 0.5) is 5.69 Å². The van der Waals surface area contributed by atoms with Crippen LogP contribution < -0.4 is 10.6 Å². The van der Waals surface area contributed by atoms with Crippen LogP contribution in [0, 0.1) is 5.41 Å². The van der Waals surface area contributed by atoms with Crippen molar-refractivity contribution in [3.8, 4) is 0 Å². The van der Waals surface area contributed by atoms with Crippen LogP contribution in [-0.4, -0.2) is 32.1 Å². The summed E-state index contributed by atoms with van der Waals surface area (Å²) in [6, 6.07) is 6.48. The lowest BCUT2D eigenvalue weighted by molar-refractivity contribution is 0.205. The molecule has 0 radical (unpaired) electrons. The number of benzene rings is 1. The van der Waals surface area contributed by atoms with Gasteiger partial charge in [0.2, 0.25) is 0 Å². The Morgan fingerprint density at radius 1 is 1.56 bits per heavy atom. The van der Waals surface area contributed by atoms with Crippen LogP contribution >= 0.6 is 15.9 Å². The fraction of sp³-hybridized carbons (Fsp3) is 0.462. The quantitative estimate of drug-likeness (QED) is 0.626. The average molecular weight is 312 g/mol. The first-order chi connectivity index (χ1) is 8.63. The van der Waals surface area contributed by atoms with E-state index in [1.807, 2.05) is 18.2 Å². The Hall–Kier alpha value is -1.07. The first-order valence-corrected chi connectivity index (χ1v) is 6.82. The molecule has 1 fully saturated rings. The maximum atomic E-state index is 7.70. The minimum atomic E-state index is 0.106. The zero-order valence-corrected chi connectivity index (χ0v) is 12.0. The van der Waals surface area contributed by atoms with Crippen LogP contribution in [0.15, 0.2) is 22.7 Å². The Morgan fingerprint density at radius 3 is 2.83 bits per heavy atom. The van der Waals surface area contributed by atoms with Gasteiger partial charge in [-0.3, -0.25) is 5.41 Å². The van der Waals surface area contributed by atoms with E-state index in [9.17, 15) is 0 Å². The number of nitrogen functional groups attached to an aromatic ring is 1. The zero-order chi connectivity index (χ0) is 13.1. The van der Waals surface area contributed by atoms with E-state index >= 15 is 0 Å². The summed E-state index contributed by atoms with van der Waals surface area (Å²) in [5.41, 5.74) is 7.49. The van der Waals surface area contributed by atoms with E-state index in [1.165, 1.54) is 12.8 Å². The molecule has 18 heavy (non-hydrogen) atoms. The van der Waals surface area contributed by atoms with Gasteiger partial charge in [-0.05, 0) is 31.0 Å². The highest BCUT2D eigenvalue weighted by molar-refractivity contribution is 9.10. The van der Waals surface area contributed by atoms with Crippen LogP contribution in [0.3, 0.4) is 0 Å². The Labute approximate surface area is 116 Å². The van der Waals surface area contributed by atoms with Crippen LogP contribution in [-0.2, 0) is 4.74 Å². The maximum absolute atomic E-state index is 7.70. The van der Waals surface area contributed by atoms with Crippen molar-refractivity contribution in [3.63, 3.8) is 0 Å². The number of nitrogens with two attached hydrogens (primary N) is 1. The molecule has 98 valence electrons. The highest BCUT2D eigenvalue weighted by atomic mass is 79.9. The first kappa shape index (κ1) is 13.4. The summed E-state index contributed by atoms with van der Waals surface area (Å²) in [5.74, 6) is 0.106. The fourth-order valence-electron chi connectivity index (χ4n) is 2.05. The first-order valence-electron chi connectivity index (χ1n) is 6.03. The summed E-state index contributed by atoms with van der Waals surface area (Å²) in [5, 5.41) is 7.70. The molecule has 1 aromatic rings. The van der Waals surface area contributed by atoms with Crippen molar-refractivity contribution in [2.45, 2.75) is 18.9 Å². The van der Waals surface area contributed by atoms with Crippen molar-refractivity contribution >= 4 is 27.5 Å². The highest BCUT2D eigenvalue weighted by Gasteiger charge is 2.30. The molecule has 4 nitrogen and oxygen atoms in total. The molecule has 1 aliphatic rings. The van der Waals surface area contributed by atoms with Gasteiger partial charge < -0.3 is 15.4 Å². The molecule has 0 spiro atoms. The van der Waals surface area contributed by atoms with Gasteiger partial charge >= 0.3 is 0 Å². The van der Waals surface area contributed by atoms with Gasteiger partial charge in [-0.1, -0.05) is 15.9 Å². The van der Waals surface area contributed by atoms with Crippen LogP contribution in [0.5, 0.6) is 0 Å². The molecule has 0 amide bonds. The molecule has 0 atom stereocenters. The van der Waals surface area contributed by atoms with E-state index < -0.39 is 0 Å². The molecule has 0 aliphatic heterocycles. The molecular formula is C13H18BrN3O. The van der Waals surface area contributed by atoms with E-state index in [-0.39, 0.29) is 5.84 Å². The lowest BCUT2D eigenvalue weighted by Gasteiger charge is -2.26. The maximum Gasteiger partial charge on any atom is 0.124 e. The summed E-state index contributed by atoms with van der Waals surface area (Å²) in [6.07, 6.45) is 2.41. The monoisotopic (exact) mass is 311 g/mol. The smallest absolute Gasteiger partial charge is 0.124 e.